The van der Waals surface area contributed by atoms with Crippen molar-refractivity contribution in [2.24, 2.45) is 0 Å². The van der Waals surface area contributed by atoms with E-state index in [0.717, 1.165) is 0 Å². The zero-order valence-electron chi connectivity index (χ0n) is 10.3. The second-order valence-electron chi connectivity index (χ2n) is 3.51. The predicted molar refractivity (Wildman–Crippen MR) is 67.5 cm³/mol. The van der Waals surface area contributed by atoms with E-state index in [9.17, 15) is 9.90 Å². The van der Waals surface area contributed by atoms with Crippen LogP contribution in [0.15, 0.2) is 36.9 Å². The Kier molecular flexibility index (Phi) is 5.73. The molecule has 1 aromatic carbocycles. The minimum Gasteiger partial charge on any atom is -0.496 e. The number of hydrogen-bond acceptors (Lipinski definition) is 4. The number of aliphatic hydroxyl groups is 1. The van der Waals surface area contributed by atoms with E-state index in [-0.39, 0.29) is 13.2 Å². The molecule has 0 aliphatic carbocycles. The van der Waals surface area contributed by atoms with Gasteiger partial charge in [-0.3, -0.25) is 0 Å². The van der Waals surface area contributed by atoms with Gasteiger partial charge in [0.15, 0.2) is 0 Å². The first kappa shape index (κ1) is 14.1. The van der Waals surface area contributed by atoms with Gasteiger partial charge in [-0.1, -0.05) is 30.9 Å². The normalized spacial score (nSPS) is 11.4. The molecule has 1 rings (SSSR count). The summed E-state index contributed by atoms with van der Waals surface area (Å²) in [6, 6.07) is 6.57. The van der Waals surface area contributed by atoms with Crippen molar-refractivity contribution >= 4 is 6.09 Å². The Morgan fingerprint density at radius 1 is 1.56 bits per heavy atom. The number of nitrogens with one attached hydrogen (secondary N) is 1. The van der Waals surface area contributed by atoms with Crippen LogP contribution < -0.4 is 10.1 Å². The molecule has 0 aromatic heterocycles. The minimum atomic E-state index is -0.611. The van der Waals surface area contributed by atoms with Crippen LogP contribution in [0.4, 0.5) is 4.79 Å². The molecule has 0 bridgehead atoms. The molecule has 0 spiro atoms. The number of alkyl carbamates (subject to hydrolysis) is 1. The molecule has 98 valence electrons. The lowest BCUT2D eigenvalue weighted by Gasteiger charge is -2.18. The van der Waals surface area contributed by atoms with Gasteiger partial charge < -0.3 is 19.9 Å². The number of carbonyl (C=O) groups excluding carboxylic acids is 1. The molecule has 0 radical (unpaired) electrons. The highest BCUT2D eigenvalue weighted by atomic mass is 16.5. The van der Waals surface area contributed by atoms with Crippen LogP contribution in [0.2, 0.25) is 0 Å². The van der Waals surface area contributed by atoms with Gasteiger partial charge >= 0.3 is 6.09 Å². The average Bonchev–Trinajstić information content (AvgIpc) is 2.42. The first-order chi connectivity index (χ1) is 8.72. The zero-order valence-corrected chi connectivity index (χ0v) is 10.3. The molecule has 1 atom stereocenters. The molecule has 0 fully saturated rings. The Morgan fingerprint density at radius 2 is 2.28 bits per heavy atom. The van der Waals surface area contributed by atoms with Gasteiger partial charge in [0.2, 0.25) is 0 Å². The van der Waals surface area contributed by atoms with Gasteiger partial charge in [0.1, 0.15) is 12.4 Å². The smallest absolute Gasteiger partial charge is 0.408 e. The fourth-order valence-electron chi connectivity index (χ4n) is 1.49. The summed E-state index contributed by atoms with van der Waals surface area (Å²) in [5.41, 5.74) is 0.693. The van der Waals surface area contributed by atoms with Gasteiger partial charge in [0.25, 0.3) is 0 Å². The van der Waals surface area contributed by atoms with Gasteiger partial charge in [0, 0.05) is 5.56 Å². The minimum absolute atomic E-state index is 0.121. The van der Waals surface area contributed by atoms with Crippen LogP contribution >= 0.6 is 0 Å². The Hall–Kier alpha value is -2.01. The number of aliphatic hydroxyl groups excluding tert-OH is 1. The molecule has 0 saturated carbocycles. The van der Waals surface area contributed by atoms with Crippen molar-refractivity contribution in [3.8, 4) is 5.75 Å². The summed E-state index contributed by atoms with van der Waals surface area (Å²) in [6.07, 6.45) is 0.858. The van der Waals surface area contributed by atoms with E-state index in [4.69, 9.17) is 9.47 Å². The second kappa shape index (κ2) is 7.34. The van der Waals surface area contributed by atoms with Crippen molar-refractivity contribution in [1.29, 1.82) is 0 Å². The van der Waals surface area contributed by atoms with E-state index in [1.165, 1.54) is 13.2 Å². The largest absolute Gasteiger partial charge is 0.496 e. The Balaban J connectivity index is 2.76. The van der Waals surface area contributed by atoms with Crippen LogP contribution in [-0.4, -0.2) is 31.5 Å². The lowest BCUT2D eigenvalue weighted by molar-refractivity contribution is 0.145. The summed E-state index contributed by atoms with van der Waals surface area (Å²) >= 11 is 0. The maximum atomic E-state index is 11.4. The summed E-state index contributed by atoms with van der Waals surface area (Å²) in [7, 11) is 1.53. The van der Waals surface area contributed by atoms with Gasteiger partial charge in [0.05, 0.1) is 19.8 Å². The number of methoxy groups -OCH3 is 1. The number of ether oxygens (including phenoxy) is 2. The first-order valence-corrected chi connectivity index (χ1v) is 5.50. The summed E-state index contributed by atoms with van der Waals surface area (Å²) < 4.78 is 9.97. The van der Waals surface area contributed by atoms with E-state index in [2.05, 4.69) is 11.9 Å². The molecule has 0 aliphatic rings. The molecule has 5 heteroatoms. The van der Waals surface area contributed by atoms with E-state index < -0.39 is 12.1 Å². The van der Waals surface area contributed by atoms with Crippen molar-refractivity contribution in [1.82, 2.24) is 5.32 Å². The van der Waals surface area contributed by atoms with Crippen LogP contribution in [0.5, 0.6) is 5.75 Å². The predicted octanol–water partition coefficient (Wildman–Crippen LogP) is 1.64. The van der Waals surface area contributed by atoms with E-state index in [1.54, 1.807) is 18.2 Å². The van der Waals surface area contributed by atoms with Crippen molar-refractivity contribution in [3.63, 3.8) is 0 Å². The second-order valence-corrected chi connectivity index (χ2v) is 3.51. The summed E-state index contributed by atoms with van der Waals surface area (Å²) in [4.78, 5) is 11.4. The fraction of sp³-hybridized carbons (Fsp3) is 0.308. The van der Waals surface area contributed by atoms with Crippen LogP contribution in [0, 0.1) is 0 Å². The molecule has 0 heterocycles. The number of amides is 1. The molecular weight excluding hydrogens is 234 g/mol. The van der Waals surface area contributed by atoms with Crippen LogP contribution in [0.1, 0.15) is 11.6 Å². The van der Waals surface area contributed by atoms with E-state index in [0.29, 0.717) is 11.3 Å². The Morgan fingerprint density at radius 3 is 2.89 bits per heavy atom. The molecule has 1 amide bonds. The molecule has 18 heavy (non-hydrogen) atoms. The SMILES string of the molecule is C=CCOC(=O)N[C@H](CO)c1ccccc1OC. The highest BCUT2D eigenvalue weighted by Crippen LogP contribution is 2.24. The third-order valence-electron chi connectivity index (χ3n) is 2.32. The van der Waals surface area contributed by atoms with Crippen molar-refractivity contribution in [3.05, 3.63) is 42.5 Å². The molecule has 5 nitrogen and oxygen atoms in total. The van der Waals surface area contributed by atoms with Crippen molar-refractivity contribution in [2.45, 2.75) is 6.04 Å². The molecule has 0 saturated heterocycles. The average molecular weight is 251 g/mol. The summed E-state index contributed by atoms with van der Waals surface area (Å²) in [5, 5.41) is 11.9. The maximum Gasteiger partial charge on any atom is 0.408 e. The summed E-state index contributed by atoms with van der Waals surface area (Å²) in [5.74, 6) is 0.598. The van der Waals surface area contributed by atoms with E-state index in [1.807, 2.05) is 6.07 Å². The molecule has 2 N–H and O–H groups in total. The number of rotatable bonds is 6. The highest BCUT2D eigenvalue weighted by molar-refractivity contribution is 5.68. The van der Waals surface area contributed by atoms with Gasteiger partial charge in [-0.2, -0.15) is 0 Å². The van der Waals surface area contributed by atoms with Crippen LogP contribution in [-0.2, 0) is 4.74 Å². The third-order valence-corrected chi connectivity index (χ3v) is 2.32. The monoisotopic (exact) mass is 251 g/mol. The van der Waals surface area contributed by atoms with Crippen LogP contribution in [0.25, 0.3) is 0 Å². The fourth-order valence-corrected chi connectivity index (χ4v) is 1.49. The molecule has 1 aromatic rings. The maximum absolute atomic E-state index is 11.4. The van der Waals surface area contributed by atoms with Crippen molar-refractivity contribution in [2.75, 3.05) is 20.3 Å². The van der Waals surface area contributed by atoms with Gasteiger partial charge in [-0.15, -0.1) is 0 Å². The number of carbonyl (C=O) groups is 1. The highest BCUT2D eigenvalue weighted by Gasteiger charge is 2.17. The van der Waals surface area contributed by atoms with Crippen LogP contribution in [0.3, 0.4) is 0 Å². The van der Waals surface area contributed by atoms with E-state index >= 15 is 0 Å². The first-order valence-electron chi connectivity index (χ1n) is 5.50. The lowest BCUT2D eigenvalue weighted by Crippen LogP contribution is -2.31. The lowest BCUT2D eigenvalue weighted by atomic mass is 10.1. The quantitative estimate of drug-likeness (QED) is 0.754. The molecule has 0 unspecified atom stereocenters. The number of hydrogen-bond donors (Lipinski definition) is 2. The zero-order chi connectivity index (χ0) is 13.4. The van der Waals surface area contributed by atoms with Gasteiger partial charge in [-0.25, -0.2) is 4.79 Å². The Bertz CT molecular complexity index is 406. The molecular formula is C13H17NO4. The van der Waals surface area contributed by atoms with Gasteiger partial charge in [-0.05, 0) is 6.07 Å². The number of benzene rings is 1. The topological polar surface area (TPSA) is 67.8 Å². The summed E-state index contributed by atoms with van der Waals surface area (Å²) in [6.45, 7) is 3.32. The third kappa shape index (κ3) is 3.78. The Labute approximate surface area is 106 Å². The number of para-hydroxylation sites is 1. The molecule has 0 aliphatic heterocycles. The van der Waals surface area contributed by atoms with Crippen molar-refractivity contribution < 1.29 is 19.4 Å². The standard InChI is InChI=1S/C13H17NO4/c1-3-8-18-13(16)14-11(9-15)10-6-4-5-7-12(10)17-2/h3-7,11,15H,1,8-9H2,2H3,(H,14,16)/t11-/m1/s1.